The van der Waals surface area contributed by atoms with Crippen LogP contribution in [0.5, 0.6) is 5.75 Å². The van der Waals surface area contributed by atoms with Gasteiger partial charge in [0.25, 0.3) is 10.0 Å². The number of hydrogen-bond donors (Lipinski definition) is 1. The topological polar surface area (TPSA) is 73.2 Å². The number of aryl methyl sites for hydroxylation is 1. The molecule has 21 heavy (non-hydrogen) atoms. The molecular weight excluding hydrogens is 331 g/mol. The molecule has 2 aromatic rings. The number of aromatic nitrogens is 2. The van der Waals surface area contributed by atoms with Crippen LogP contribution in [0, 0.1) is 0 Å². The average molecular weight is 341 g/mol. The van der Waals surface area contributed by atoms with E-state index in [9.17, 15) is 21.6 Å². The third-order valence-electron chi connectivity index (χ3n) is 2.47. The van der Waals surface area contributed by atoms with Crippen LogP contribution in [0.15, 0.2) is 21.7 Å². The van der Waals surface area contributed by atoms with Crippen molar-refractivity contribution in [3.63, 3.8) is 0 Å². The van der Waals surface area contributed by atoms with Gasteiger partial charge in [-0.2, -0.15) is 18.3 Å². The summed E-state index contributed by atoms with van der Waals surface area (Å²) in [5.74, 6) is -0.306. The Balaban J connectivity index is 2.34. The molecule has 0 amide bonds. The van der Waals surface area contributed by atoms with Crippen molar-refractivity contribution in [3.05, 3.63) is 23.2 Å². The van der Waals surface area contributed by atoms with E-state index in [0.717, 1.165) is 18.4 Å². The van der Waals surface area contributed by atoms with Crippen molar-refractivity contribution in [1.82, 2.24) is 9.78 Å². The highest BCUT2D eigenvalue weighted by Gasteiger charge is 2.35. The van der Waals surface area contributed by atoms with Crippen molar-refractivity contribution in [2.24, 2.45) is 7.05 Å². The van der Waals surface area contributed by atoms with Crippen LogP contribution in [0.3, 0.4) is 0 Å². The number of thiophene rings is 1. The van der Waals surface area contributed by atoms with Gasteiger partial charge < -0.3 is 4.74 Å². The molecule has 1 N–H and O–H groups in total. The smallest absolute Gasteiger partial charge is 0.433 e. The van der Waals surface area contributed by atoms with Crippen molar-refractivity contribution >= 4 is 27.2 Å². The van der Waals surface area contributed by atoms with Crippen molar-refractivity contribution < 1.29 is 26.3 Å². The van der Waals surface area contributed by atoms with Gasteiger partial charge in [0.05, 0.1) is 7.11 Å². The Labute approximate surface area is 122 Å². The summed E-state index contributed by atoms with van der Waals surface area (Å²) in [6.07, 6.45) is -4.62. The Kier molecular flexibility index (Phi) is 3.89. The van der Waals surface area contributed by atoms with Gasteiger partial charge in [-0.25, -0.2) is 8.42 Å². The highest BCUT2D eigenvalue weighted by Crippen LogP contribution is 2.33. The maximum absolute atomic E-state index is 12.6. The van der Waals surface area contributed by atoms with Crippen molar-refractivity contribution in [1.29, 1.82) is 0 Å². The molecule has 0 radical (unpaired) electrons. The summed E-state index contributed by atoms with van der Waals surface area (Å²) in [6, 6.07) is 2.07. The number of alkyl halides is 3. The van der Waals surface area contributed by atoms with Crippen LogP contribution >= 0.6 is 11.3 Å². The number of hydrogen-bond acceptors (Lipinski definition) is 5. The zero-order valence-electron chi connectivity index (χ0n) is 10.8. The second kappa shape index (κ2) is 5.22. The van der Waals surface area contributed by atoms with Crippen LogP contribution in [-0.2, 0) is 23.2 Å². The number of nitrogens with one attached hydrogen (secondary N) is 1. The molecule has 0 saturated heterocycles. The van der Waals surface area contributed by atoms with Crippen LogP contribution in [0.1, 0.15) is 5.69 Å². The van der Waals surface area contributed by atoms with Crippen molar-refractivity contribution in [3.8, 4) is 5.75 Å². The minimum absolute atomic E-state index is 0.111. The number of nitrogens with zero attached hydrogens (tertiary/aromatic N) is 2. The fourth-order valence-electron chi connectivity index (χ4n) is 1.60. The summed E-state index contributed by atoms with van der Waals surface area (Å²) in [4.78, 5) is 0. The van der Waals surface area contributed by atoms with Gasteiger partial charge in [0.2, 0.25) is 0 Å². The summed E-state index contributed by atoms with van der Waals surface area (Å²) in [5, 5.41) is 4.99. The molecular formula is C10H10F3N3O3S2. The van der Waals surface area contributed by atoms with E-state index in [1.54, 1.807) is 0 Å². The molecule has 0 bridgehead atoms. The maximum Gasteiger partial charge on any atom is 0.433 e. The molecule has 0 fully saturated rings. The number of halogens is 3. The maximum atomic E-state index is 12.6. The molecule has 0 atom stereocenters. The summed E-state index contributed by atoms with van der Waals surface area (Å²) in [5.41, 5.74) is -1.06. The standard InChI is InChI=1S/C10H10F3N3O3S2/c1-16-7(10(11,12)13)5-8(14-16)15-21(17,18)9-6(19-2)3-4-20-9/h3-5H,1-2H3,(H,14,15). The SMILES string of the molecule is COc1ccsc1S(=O)(=O)Nc1cc(C(F)(F)F)n(C)n1. The zero-order chi connectivity index (χ0) is 15.8. The molecule has 0 spiro atoms. The van der Waals surface area contributed by atoms with Gasteiger partial charge in [0, 0.05) is 13.1 Å². The Morgan fingerprint density at radius 2 is 2.10 bits per heavy atom. The first-order valence-electron chi connectivity index (χ1n) is 5.40. The third-order valence-corrected chi connectivity index (χ3v) is 5.27. The molecule has 2 rings (SSSR count). The zero-order valence-corrected chi connectivity index (χ0v) is 12.4. The first-order chi connectivity index (χ1) is 9.65. The molecule has 0 aliphatic rings. The van der Waals surface area contributed by atoms with Gasteiger partial charge in [0.1, 0.15) is 11.4 Å². The van der Waals surface area contributed by atoms with Crippen molar-refractivity contribution in [2.45, 2.75) is 10.4 Å². The molecule has 0 aliphatic carbocycles. The fourth-order valence-corrected chi connectivity index (χ4v) is 3.86. The minimum Gasteiger partial charge on any atom is -0.494 e. The second-order valence-corrected chi connectivity index (χ2v) is 6.71. The van der Waals surface area contributed by atoms with Crippen LogP contribution in [-0.4, -0.2) is 25.3 Å². The Hall–Kier alpha value is -1.75. The lowest BCUT2D eigenvalue weighted by molar-refractivity contribution is -0.143. The quantitative estimate of drug-likeness (QED) is 0.926. The normalized spacial score (nSPS) is 12.4. The molecule has 2 heterocycles. The molecule has 0 aromatic carbocycles. The number of anilines is 1. The Morgan fingerprint density at radius 1 is 1.43 bits per heavy atom. The predicted molar refractivity (Wildman–Crippen MR) is 69.9 cm³/mol. The van der Waals surface area contributed by atoms with E-state index in [2.05, 4.69) is 5.10 Å². The molecule has 0 aliphatic heterocycles. The average Bonchev–Trinajstić information content (AvgIpc) is 2.94. The first-order valence-corrected chi connectivity index (χ1v) is 7.77. The molecule has 0 unspecified atom stereocenters. The third kappa shape index (κ3) is 3.13. The van der Waals surface area contributed by atoms with E-state index in [4.69, 9.17) is 4.74 Å². The van der Waals surface area contributed by atoms with E-state index in [1.165, 1.54) is 18.6 Å². The van der Waals surface area contributed by atoms with E-state index >= 15 is 0 Å². The number of methoxy groups -OCH3 is 1. The molecule has 6 nitrogen and oxygen atoms in total. The van der Waals surface area contributed by atoms with E-state index < -0.39 is 27.7 Å². The summed E-state index contributed by atoms with van der Waals surface area (Å²) < 4.78 is 69.4. The van der Waals surface area contributed by atoms with E-state index in [1.807, 2.05) is 4.72 Å². The summed E-state index contributed by atoms with van der Waals surface area (Å²) in [7, 11) is -1.69. The lowest BCUT2D eigenvalue weighted by atomic mass is 10.4. The predicted octanol–water partition coefficient (Wildman–Crippen LogP) is 2.31. The number of sulfonamides is 1. The highest BCUT2D eigenvalue weighted by molar-refractivity contribution is 7.94. The van der Waals surface area contributed by atoms with Gasteiger partial charge in [-0.15, -0.1) is 11.3 Å². The van der Waals surface area contributed by atoms with Crippen LogP contribution < -0.4 is 9.46 Å². The largest absolute Gasteiger partial charge is 0.494 e. The minimum atomic E-state index is -4.62. The Bertz CT molecular complexity index is 749. The van der Waals surface area contributed by atoms with Gasteiger partial charge in [0.15, 0.2) is 10.0 Å². The molecule has 11 heteroatoms. The molecule has 116 valence electrons. The monoisotopic (exact) mass is 341 g/mol. The number of ether oxygens (including phenoxy) is 1. The van der Waals surface area contributed by atoms with E-state index in [0.29, 0.717) is 10.7 Å². The van der Waals surface area contributed by atoms with Gasteiger partial charge in [-0.05, 0) is 11.4 Å². The first kappa shape index (κ1) is 15.6. The van der Waals surface area contributed by atoms with Crippen molar-refractivity contribution in [2.75, 3.05) is 11.8 Å². The highest BCUT2D eigenvalue weighted by atomic mass is 32.2. The summed E-state index contributed by atoms with van der Waals surface area (Å²) in [6.45, 7) is 0. The van der Waals surface area contributed by atoms with Gasteiger partial charge in [-0.1, -0.05) is 0 Å². The lowest BCUT2D eigenvalue weighted by Gasteiger charge is -2.05. The second-order valence-electron chi connectivity index (χ2n) is 3.92. The van der Waals surface area contributed by atoms with E-state index in [-0.39, 0.29) is 9.96 Å². The van der Waals surface area contributed by atoms with Crippen LogP contribution in [0.4, 0.5) is 19.0 Å². The lowest BCUT2D eigenvalue weighted by Crippen LogP contribution is -2.13. The van der Waals surface area contributed by atoms with Crippen LogP contribution in [0.25, 0.3) is 0 Å². The fraction of sp³-hybridized carbons (Fsp3) is 0.300. The summed E-state index contributed by atoms with van der Waals surface area (Å²) >= 11 is 0.885. The van der Waals surface area contributed by atoms with Crippen LogP contribution in [0.2, 0.25) is 0 Å². The van der Waals surface area contributed by atoms with Gasteiger partial charge >= 0.3 is 6.18 Å². The molecule has 0 saturated carbocycles. The number of rotatable bonds is 4. The molecule has 2 aromatic heterocycles. The Morgan fingerprint density at radius 3 is 2.62 bits per heavy atom. The van der Waals surface area contributed by atoms with Gasteiger partial charge in [-0.3, -0.25) is 9.40 Å².